The molecule has 5 atom stereocenters. The Hall–Kier alpha value is -0.910. The van der Waals surface area contributed by atoms with Gasteiger partial charge in [-0.3, -0.25) is 4.90 Å². The van der Waals surface area contributed by atoms with Crippen LogP contribution < -0.4 is 0 Å². The lowest BCUT2D eigenvalue weighted by Crippen LogP contribution is -2.46. The van der Waals surface area contributed by atoms with Crippen LogP contribution in [0.4, 0.5) is 0 Å². The highest BCUT2D eigenvalue weighted by Crippen LogP contribution is 2.36. The Morgan fingerprint density at radius 2 is 1.78 bits per heavy atom. The van der Waals surface area contributed by atoms with Crippen LogP contribution >= 0.6 is 0 Å². The van der Waals surface area contributed by atoms with E-state index in [4.69, 9.17) is 4.74 Å². The van der Waals surface area contributed by atoms with Crippen molar-refractivity contribution in [1.29, 1.82) is 0 Å². The number of ether oxygens (including phenoxy) is 1. The fraction of sp³-hybridized carbons (Fsp3) is 0.769. The number of esters is 1. The summed E-state index contributed by atoms with van der Waals surface area (Å²) in [6, 6.07) is -0.245. The maximum atomic E-state index is 11.7. The first-order chi connectivity index (χ1) is 8.45. The number of rotatable bonds is 2. The predicted molar refractivity (Wildman–Crippen MR) is 65.9 cm³/mol. The van der Waals surface area contributed by atoms with Gasteiger partial charge in [0, 0.05) is 30.5 Å². The van der Waals surface area contributed by atoms with Crippen molar-refractivity contribution < 1.29 is 19.7 Å². The van der Waals surface area contributed by atoms with E-state index in [1.807, 2.05) is 11.9 Å². The zero-order chi connectivity index (χ0) is 13.4. The van der Waals surface area contributed by atoms with Gasteiger partial charge in [0.2, 0.25) is 0 Å². The fourth-order valence-electron chi connectivity index (χ4n) is 2.89. The van der Waals surface area contributed by atoms with Crippen molar-refractivity contribution in [2.75, 3.05) is 7.05 Å². The smallest absolute Gasteiger partial charge is 0.333 e. The third-order valence-corrected chi connectivity index (χ3v) is 4.22. The summed E-state index contributed by atoms with van der Waals surface area (Å²) in [4.78, 5) is 13.7. The molecular weight excluding hydrogens is 234 g/mol. The summed E-state index contributed by atoms with van der Waals surface area (Å²) in [7, 11) is 1.89. The molecule has 2 aliphatic rings. The predicted octanol–water partition coefficient (Wildman–Crippen LogP) is 0.0626. The number of hydrogen-bond donors (Lipinski definition) is 2. The minimum atomic E-state index is -0.744. The van der Waals surface area contributed by atoms with Crippen LogP contribution in [0.25, 0.3) is 0 Å². The summed E-state index contributed by atoms with van der Waals surface area (Å²) in [6.45, 7) is 3.51. The van der Waals surface area contributed by atoms with Crippen LogP contribution in [0.1, 0.15) is 26.7 Å². The average molecular weight is 255 g/mol. The Morgan fingerprint density at radius 3 is 2.22 bits per heavy atom. The highest BCUT2D eigenvalue weighted by molar-refractivity contribution is 5.87. The number of carbonyl (C=O) groups is 1. The van der Waals surface area contributed by atoms with Gasteiger partial charge < -0.3 is 14.9 Å². The van der Waals surface area contributed by atoms with E-state index in [-0.39, 0.29) is 24.2 Å². The van der Waals surface area contributed by atoms with E-state index in [0.29, 0.717) is 18.4 Å². The molecule has 18 heavy (non-hydrogen) atoms. The van der Waals surface area contributed by atoms with Gasteiger partial charge >= 0.3 is 5.97 Å². The van der Waals surface area contributed by atoms with E-state index < -0.39 is 12.2 Å². The van der Waals surface area contributed by atoms with E-state index in [9.17, 15) is 15.0 Å². The molecule has 0 radical (unpaired) electrons. The summed E-state index contributed by atoms with van der Waals surface area (Å²) in [5.74, 6) is -0.310. The number of hydrogen-bond acceptors (Lipinski definition) is 5. The molecule has 0 aromatic rings. The van der Waals surface area contributed by atoms with Gasteiger partial charge in [-0.15, -0.1) is 0 Å². The van der Waals surface area contributed by atoms with Crippen molar-refractivity contribution >= 4 is 5.97 Å². The van der Waals surface area contributed by atoms with Gasteiger partial charge in [0.1, 0.15) is 6.10 Å². The van der Waals surface area contributed by atoms with E-state index in [2.05, 4.69) is 0 Å². The number of fused-ring (bicyclic) bond motifs is 2. The molecule has 5 heteroatoms. The lowest BCUT2D eigenvalue weighted by molar-refractivity contribution is -0.148. The topological polar surface area (TPSA) is 70.0 Å². The minimum absolute atomic E-state index is 0.123. The van der Waals surface area contributed by atoms with Gasteiger partial charge in [0.15, 0.2) is 0 Å². The van der Waals surface area contributed by atoms with Crippen molar-refractivity contribution in [3.63, 3.8) is 0 Å². The van der Waals surface area contributed by atoms with E-state index in [1.165, 1.54) is 0 Å². The zero-order valence-electron chi connectivity index (χ0n) is 11.0. The molecule has 102 valence electrons. The lowest BCUT2D eigenvalue weighted by Gasteiger charge is -2.35. The third-order valence-electron chi connectivity index (χ3n) is 4.22. The SMILES string of the molecule is C/C=C(\C)C(=O)OC1C[C@@H]2[C@@H](O)[C@H](O)[C@H](C1)N2C. The second kappa shape index (κ2) is 4.99. The Morgan fingerprint density at radius 1 is 1.28 bits per heavy atom. The molecule has 2 aliphatic heterocycles. The molecule has 2 bridgehead atoms. The Kier molecular flexibility index (Phi) is 3.75. The van der Waals surface area contributed by atoms with E-state index in [1.54, 1.807) is 19.9 Å². The first-order valence-corrected chi connectivity index (χ1v) is 6.37. The summed E-state index contributed by atoms with van der Waals surface area (Å²) in [6.07, 6.45) is 1.17. The van der Waals surface area contributed by atoms with E-state index >= 15 is 0 Å². The highest BCUT2D eigenvalue weighted by Gasteiger charge is 2.51. The van der Waals surface area contributed by atoms with Gasteiger partial charge in [-0.05, 0) is 20.9 Å². The first-order valence-electron chi connectivity index (χ1n) is 6.37. The van der Waals surface area contributed by atoms with Crippen molar-refractivity contribution in [2.45, 2.75) is 57.1 Å². The highest BCUT2D eigenvalue weighted by atomic mass is 16.5. The standard InChI is InChI=1S/C13H21NO4/c1-4-7(2)13(17)18-8-5-9-11(15)12(16)10(6-8)14(9)3/h4,8-12,15-16H,5-6H2,1-3H3/b7-4+/t8?,9-,10+,11-,12-/m1/s1. The van der Waals surface area contributed by atoms with Crippen molar-refractivity contribution in [2.24, 2.45) is 0 Å². The summed E-state index contributed by atoms with van der Waals surface area (Å²) >= 11 is 0. The molecule has 0 aliphatic carbocycles. The maximum Gasteiger partial charge on any atom is 0.333 e. The molecular formula is C13H21NO4. The average Bonchev–Trinajstić information content (AvgIpc) is 2.50. The van der Waals surface area contributed by atoms with Crippen LogP contribution in [0.3, 0.4) is 0 Å². The Bertz CT molecular complexity index is 342. The van der Waals surface area contributed by atoms with Crippen molar-refractivity contribution in [1.82, 2.24) is 4.90 Å². The van der Waals surface area contributed by atoms with Gasteiger partial charge in [0.25, 0.3) is 0 Å². The molecule has 0 spiro atoms. The molecule has 0 amide bonds. The molecule has 0 saturated carbocycles. The van der Waals surface area contributed by atoms with Gasteiger partial charge in [-0.1, -0.05) is 6.08 Å². The van der Waals surface area contributed by atoms with Crippen molar-refractivity contribution in [3.05, 3.63) is 11.6 Å². The van der Waals surface area contributed by atoms with Gasteiger partial charge in [0.05, 0.1) is 12.2 Å². The molecule has 5 nitrogen and oxygen atoms in total. The number of allylic oxidation sites excluding steroid dienone is 1. The fourth-order valence-corrected chi connectivity index (χ4v) is 2.89. The number of carbonyl (C=O) groups excluding carboxylic acids is 1. The van der Waals surface area contributed by atoms with Gasteiger partial charge in [-0.25, -0.2) is 4.79 Å². The number of nitrogens with zero attached hydrogens (tertiary/aromatic N) is 1. The lowest BCUT2D eigenvalue weighted by atomic mass is 10.00. The molecule has 2 fully saturated rings. The van der Waals surface area contributed by atoms with Crippen molar-refractivity contribution in [3.8, 4) is 0 Å². The minimum Gasteiger partial charge on any atom is -0.459 e. The third kappa shape index (κ3) is 2.18. The molecule has 2 rings (SSSR count). The maximum absolute atomic E-state index is 11.7. The molecule has 2 heterocycles. The van der Waals surface area contributed by atoms with Crippen LogP contribution in [-0.2, 0) is 9.53 Å². The molecule has 2 saturated heterocycles. The number of likely N-dealkylation sites (N-methyl/N-ethyl adjacent to an activating group) is 1. The van der Waals surface area contributed by atoms with E-state index in [0.717, 1.165) is 0 Å². The quantitative estimate of drug-likeness (QED) is 0.539. The summed E-state index contributed by atoms with van der Waals surface area (Å²) in [5.41, 5.74) is 0.586. The normalized spacial score (nSPS) is 40.9. The zero-order valence-corrected chi connectivity index (χ0v) is 11.0. The van der Waals surface area contributed by atoms with Crippen LogP contribution in [0.2, 0.25) is 0 Å². The van der Waals surface area contributed by atoms with Crippen LogP contribution in [0.15, 0.2) is 11.6 Å². The van der Waals surface area contributed by atoms with Crippen LogP contribution in [-0.4, -0.2) is 58.5 Å². The van der Waals surface area contributed by atoms with Gasteiger partial charge in [-0.2, -0.15) is 0 Å². The van der Waals surface area contributed by atoms with Crippen LogP contribution in [0, 0.1) is 0 Å². The number of aliphatic hydroxyl groups excluding tert-OH is 2. The molecule has 2 N–H and O–H groups in total. The molecule has 1 unspecified atom stereocenters. The molecule has 0 aromatic heterocycles. The number of aliphatic hydroxyl groups is 2. The second-order valence-corrected chi connectivity index (χ2v) is 5.25. The second-order valence-electron chi connectivity index (χ2n) is 5.25. The number of piperidine rings is 1. The van der Waals surface area contributed by atoms with Crippen LogP contribution in [0.5, 0.6) is 0 Å². The molecule has 0 aromatic carbocycles. The first kappa shape index (κ1) is 13.5. The Labute approximate surface area is 107 Å². The monoisotopic (exact) mass is 255 g/mol. The summed E-state index contributed by atoms with van der Waals surface area (Å²) < 4.78 is 5.41. The Balaban J connectivity index is 2.02. The largest absolute Gasteiger partial charge is 0.459 e. The summed E-state index contributed by atoms with van der Waals surface area (Å²) in [5, 5.41) is 19.8.